The quantitative estimate of drug-likeness (QED) is 0.171. The Balaban J connectivity index is 1.66. The number of ether oxygens (including phenoxy) is 5. The number of rotatable bonds is 9. The van der Waals surface area contributed by atoms with Crippen molar-refractivity contribution in [3.8, 4) is 11.5 Å². The zero-order valence-corrected chi connectivity index (χ0v) is 17.7. The second-order valence-electron chi connectivity index (χ2n) is 7.73. The zero-order valence-electron chi connectivity index (χ0n) is 17.7. The van der Waals surface area contributed by atoms with E-state index in [1.165, 1.54) is 0 Å². The molecule has 188 valence electrons. The van der Waals surface area contributed by atoms with Gasteiger partial charge in [0.25, 0.3) is 0 Å². The highest BCUT2D eigenvalue weighted by molar-refractivity contribution is 5.31. The number of benzene rings is 1. The molecule has 9 N–H and O–H groups in total. The van der Waals surface area contributed by atoms with Gasteiger partial charge in [0, 0.05) is 6.54 Å². The molecule has 10 atom stereocenters. The molecule has 33 heavy (non-hydrogen) atoms. The van der Waals surface area contributed by atoms with Crippen molar-refractivity contribution in [2.45, 2.75) is 61.4 Å². The summed E-state index contributed by atoms with van der Waals surface area (Å²) in [5.41, 5.74) is 5.38. The maximum atomic E-state index is 10.6. The molecule has 13 heteroatoms. The second kappa shape index (κ2) is 11.7. The topological polar surface area (TPSA) is 214 Å². The summed E-state index contributed by atoms with van der Waals surface area (Å²) in [6.45, 7) is -0.637. The fraction of sp³-hybridized carbons (Fsp3) is 0.700. The van der Waals surface area contributed by atoms with Gasteiger partial charge < -0.3 is 65.2 Å². The van der Waals surface area contributed by atoms with Crippen LogP contribution in [0.4, 0.5) is 0 Å². The van der Waals surface area contributed by atoms with Crippen LogP contribution in [-0.4, -0.2) is 124 Å². The number of hydrogen-bond acceptors (Lipinski definition) is 13. The molecular formula is C20H31NO12. The average Bonchev–Trinajstić information content (AvgIpc) is 2.83. The molecule has 0 spiro atoms. The van der Waals surface area contributed by atoms with Crippen LogP contribution in [0.25, 0.3) is 0 Å². The summed E-state index contributed by atoms with van der Waals surface area (Å²) in [6, 6.07) is 6.34. The predicted molar refractivity (Wildman–Crippen MR) is 108 cm³/mol. The number of nitrogens with two attached hydrogens (primary N) is 1. The first kappa shape index (κ1) is 26.0. The molecule has 13 nitrogen and oxygen atoms in total. The normalized spacial score (nSPS) is 39.3. The van der Waals surface area contributed by atoms with Gasteiger partial charge in [0.05, 0.1) is 13.2 Å². The van der Waals surface area contributed by atoms with E-state index in [0.717, 1.165) is 0 Å². The summed E-state index contributed by atoms with van der Waals surface area (Å²) < 4.78 is 27.3. The van der Waals surface area contributed by atoms with Gasteiger partial charge >= 0.3 is 0 Å². The van der Waals surface area contributed by atoms with Gasteiger partial charge in [-0.05, 0) is 24.3 Å². The van der Waals surface area contributed by atoms with E-state index in [4.69, 9.17) is 29.4 Å². The Labute approximate surface area is 189 Å². The van der Waals surface area contributed by atoms with Crippen LogP contribution in [0.1, 0.15) is 0 Å². The molecule has 0 saturated carbocycles. The first-order valence-corrected chi connectivity index (χ1v) is 10.5. The Morgan fingerprint density at radius 2 is 1.30 bits per heavy atom. The predicted octanol–water partition coefficient (Wildman–Crippen LogP) is -3.97. The van der Waals surface area contributed by atoms with Gasteiger partial charge in [0.1, 0.15) is 66.9 Å². The molecular weight excluding hydrogens is 446 g/mol. The van der Waals surface area contributed by atoms with E-state index >= 15 is 0 Å². The highest BCUT2D eigenvalue weighted by atomic mass is 16.7. The zero-order chi connectivity index (χ0) is 24.1. The van der Waals surface area contributed by atoms with E-state index in [-0.39, 0.29) is 5.75 Å². The van der Waals surface area contributed by atoms with Crippen LogP contribution in [-0.2, 0) is 14.2 Å². The van der Waals surface area contributed by atoms with Gasteiger partial charge in [-0.1, -0.05) is 0 Å². The van der Waals surface area contributed by atoms with E-state index in [2.05, 4.69) is 0 Å². The van der Waals surface area contributed by atoms with Crippen LogP contribution in [0.15, 0.2) is 24.3 Å². The van der Waals surface area contributed by atoms with Crippen LogP contribution in [0.3, 0.4) is 0 Å². The summed E-state index contributed by atoms with van der Waals surface area (Å²) in [5, 5.41) is 70.1. The summed E-state index contributed by atoms with van der Waals surface area (Å²) in [7, 11) is 0. The molecule has 0 aromatic heterocycles. The molecule has 2 heterocycles. The highest BCUT2D eigenvalue weighted by Crippen LogP contribution is 2.30. The molecule has 0 radical (unpaired) electrons. The van der Waals surface area contributed by atoms with Crippen molar-refractivity contribution in [3.05, 3.63) is 24.3 Å². The fourth-order valence-electron chi connectivity index (χ4n) is 3.58. The SMILES string of the molecule is NCCOc1ccc(O[C@@H]2O[C@H](CO)[C@@H](O[C@@H]3O[C@H](CO)[C@H](O)[C@H](O)[C@H]3O)[C@H](O)[C@H]2O)cc1. The minimum atomic E-state index is -1.74. The van der Waals surface area contributed by atoms with E-state index in [1.54, 1.807) is 24.3 Å². The monoisotopic (exact) mass is 477 g/mol. The van der Waals surface area contributed by atoms with Crippen molar-refractivity contribution in [2.75, 3.05) is 26.4 Å². The van der Waals surface area contributed by atoms with Crippen LogP contribution in [0, 0.1) is 0 Å². The van der Waals surface area contributed by atoms with Gasteiger partial charge in [-0.15, -0.1) is 0 Å². The first-order chi connectivity index (χ1) is 15.8. The molecule has 0 bridgehead atoms. The Morgan fingerprint density at radius 3 is 1.91 bits per heavy atom. The minimum Gasteiger partial charge on any atom is -0.492 e. The molecule has 2 aliphatic heterocycles. The Kier molecular flexibility index (Phi) is 9.20. The van der Waals surface area contributed by atoms with Gasteiger partial charge in [0.15, 0.2) is 6.29 Å². The maximum Gasteiger partial charge on any atom is 0.229 e. The minimum absolute atomic E-state index is 0.288. The molecule has 1 aromatic carbocycles. The first-order valence-electron chi connectivity index (χ1n) is 10.5. The van der Waals surface area contributed by atoms with Crippen LogP contribution in [0.2, 0.25) is 0 Å². The van der Waals surface area contributed by atoms with Crippen molar-refractivity contribution in [3.63, 3.8) is 0 Å². The molecule has 0 aliphatic carbocycles. The van der Waals surface area contributed by atoms with Crippen molar-refractivity contribution >= 4 is 0 Å². The van der Waals surface area contributed by atoms with Crippen LogP contribution >= 0.6 is 0 Å². The van der Waals surface area contributed by atoms with E-state index in [1.807, 2.05) is 0 Å². The van der Waals surface area contributed by atoms with Gasteiger partial charge in [-0.3, -0.25) is 0 Å². The molecule has 0 amide bonds. The molecule has 2 saturated heterocycles. The van der Waals surface area contributed by atoms with Crippen LogP contribution < -0.4 is 15.2 Å². The fourth-order valence-corrected chi connectivity index (χ4v) is 3.58. The molecule has 3 rings (SSSR count). The van der Waals surface area contributed by atoms with Crippen molar-refractivity contribution in [2.24, 2.45) is 5.73 Å². The molecule has 0 unspecified atom stereocenters. The van der Waals surface area contributed by atoms with E-state index in [0.29, 0.717) is 18.9 Å². The van der Waals surface area contributed by atoms with Gasteiger partial charge in [-0.25, -0.2) is 0 Å². The molecule has 1 aromatic rings. The Hall–Kier alpha value is -1.62. The van der Waals surface area contributed by atoms with E-state index < -0.39 is 74.6 Å². The number of hydrogen-bond donors (Lipinski definition) is 8. The summed E-state index contributed by atoms with van der Waals surface area (Å²) in [5.74, 6) is 0.843. The summed E-state index contributed by atoms with van der Waals surface area (Å²) in [4.78, 5) is 0. The number of aliphatic hydroxyl groups excluding tert-OH is 7. The second-order valence-corrected chi connectivity index (χ2v) is 7.73. The van der Waals surface area contributed by atoms with Gasteiger partial charge in [-0.2, -0.15) is 0 Å². The van der Waals surface area contributed by atoms with Crippen molar-refractivity contribution in [1.29, 1.82) is 0 Å². The Bertz CT molecular complexity index is 720. The third-order valence-corrected chi connectivity index (χ3v) is 5.42. The smallest absolute Gasteiger partial charge is 0.229 e. The third kappa shape index (κ3) is 5.90. The van der Waals surface area contributed by atoms with Crippen molar-refractivity contribution in [1.82, 2.24) is 0 Å². The lowest BCUT2D eigenvalue weighted by Crippen LogP contribution is -2.65. The summed E-state index contributed by atoms with van der Waals surface area (Å²) >= 11 is 0. The maximum absolute atomic E-state index is 10.6. The summed E-state index contributed by atoms with van der Waals surface area (Å²) in [6.07, 6.45) is -15.1. The highest BCUT2D eigenvalue weighted by Gasteiger charge is 2.51. The van der Waals surface area contributed by atoms with Crippen LogP contribution in [0.5, 0.6) is 11.5 Å². The third-order valence-electron chi connectivity index (χ3n) is 5.42. The average molecular weight is 477 g/mol. The lowest BCUT2D eigenvalue weighted by atomic mass is 9.97. The number of aliphatic hydroxyl groups is 7. The van der Waals surface area contributed by atoms with E-state index in [9.17, 15) is 35.7 Å². The molecule has 2 aliphatic rings. The van der Waals surface area contributed by atoms with Gasteiger partial charge in [0.2, 0.25) is 6.29 Å². The van der Waals surface area contributed by atoms with Crippen molar-refractivity contribution < 1.29 is 59.4 Å². The molecule has 2 fully saturated rings. The lowest BCUT2D eigenvalue weighted by molar-refractivity contribution is -0.352. The Morgan fingerprint density at radius 1 is 0.727 bits per heavy atom. The largest absolute Gasteiger partial charge is 0.492 e. The lowest BCUT2D eigenvalue weighted by Gasteiger charge is -2.45. The standard InChI is InChI=1S/C20H31NO12/c21-5-6-29-9-1-3-10(4-2-9)30-19-17(28)15(26)18(12(8-23)32-19)33-20-16(27)14(25)13(24)11(7-22)31-20/h1-4,11-20,22-28H,5-8,21H2/t11-,12-,13+,14+,15-,16-,17-,18-,19-,20+/m1/s1.